The Labute approximate surface area is 492 Å². The highest BCUT2D eigenvalue weighted by molar-refractivity contribution is 6.36. The van der Waals surface area contributed by atoms with Gasteiger partial charge in [0.2, 0.25) is 11.9 Å². The number of rotatable bonds is 28. The molecule has 10 rings (SSSR count). The van der Waals surface area contributed by atoms with Gasteiger partial charge in [-0.15, -0.1) is 0 Å². The molecule has 2 aromatic heterocycles. The number of nitrogens with one attached hydrogen (secondary N) is 3. The highest BCUT2D eigenvalue weighted by atomic mass is 35.5. The largest absolute Gasteiger partial charge is 0.495 e. The fourth-order valence-corrected chi connectivity index (χ4v) is 12.5. The van der Waals surface area contributed by atoms with Gasteiger partial charge < -0.3 is 64.0 Å². The molecule has 3 fully saturated rings. The Balaban J connectivity index is 0.588. The van der Waals surface area contributed by atoms with E-state index >= 15 is 0 Å². The lowest BCUT2D eigenvalue weighted by molar-refractivity contribution is -0.120. The van der Waals surface area contributed by atoms with Crippen LogP contribution < -0.4 is 45.0 Å². The van der Waals surface area contributed by atoms with E-state index < -0.39 is 0 Å². The van der Waals surface area contributed by atoms with Crippen molar-refractivity contribution in [2.24, 2.45) is 0 Å². The fourth-order valence-electron chi connectivity index (χ4n) is 12.2. The minimum atomic E-state index is -0.269. The average molecular weight is 1160 g/mol. The summed E-state index contributed by atoms with van der Waals surface area (Å²) in [6, 6.07) is 20.6. The Morgan fingerprint density at radius 3 is 2.41 bits per heavy atom. The summed E-state index contributed by atoms with van der Waals surface area (Å²) >= 11 is 6.79. The van der Waals surface area contributed by atoms with Gasteiger partial charge in [0.15, 0.2) is 5.82 Å². The van der Waals surface area contributed by atoms with E-state index in [0.29, 0.717) is 127 Å². The van der Waals surface area contributed by atoms with Crippen LogP contribution >= 0.6 is 11.6 Å². The summed E-state index contributed by atoms with van der Waals surface area (Å²) in [5, 5.41) is 22.1. The lowest BCUT2D eigenvalue weighted by Gasteiger charge is -2.43. The van der Waals surface area contributed by atoms with Crippen LogP contribution in [0.15, 0.2) is 60.8 Å². The quantitative estimate of drug-likeness (QED) is 0.0418. The molecule has 0 bridgehead atoms. The molecule has 0 unspecified atom stereocenters. The SMILES string of the molecule is CC[C@@H]1C(=O)N(C)c2cnc(Nc3ccc(C(=O)NCCOCCOCCOCCOCCCN4CCC[C@H]4COc4nc5c(c(N6CCN[C@@H](CC#N)C6)n4)CCN(c4cccc6cccc(Cl)c46)C5)cc3OC)nc2N1C1CCCC1. The lowest BCUT2D eigenvalue weighted by Crippen LogP contribution is -2.55. The summed E-state index contributed by atoms with van der Waals surface area (Å²) < 4.78 is 35.2. The van der Waals surface area contributed by atoms with Crippen molar-refractivity contribution in [2.45, 2.75) is 102 Å². The van der Waals surface area contributed by atoms with Gasteiger partial charge >= 0.3 is 6.01 Å². The minimum Gasteiger partial charge on any atom is -0.495 e. The molecule has 0 radical (unpaired) electrons. The summed E-state index contributed by atoms with van der Waals surface area (Å²) in [7, 11) is 3.34. The topological polar surface area (TPSA) is 217 Å². The third kappa shape index (κ3) is 14.7. The van der Waals surface area contributed by atoms with E-state index in [1.807, 2.05) is 19.1 Å². The van der Waals surface area contributed by atoms with Gasteiger partial charge in [0, 0.05) is 93.2 Å². The number of aromatic nitrogens is 4. The molecule has 22 heteroatoms. The monoisotopic (exact) mass is 1160 g/mol. The summed E-state index contributed by atoms with van der Waals surface area (Å²) in [5.41, 5.74) is 4.96. The predicted molar refractivity (Wildman–Crippen MR) is 321 cm³/mol. The van der Waals surface area contributed by atoms with E-state index in [4.69, 9.17) is 55.0 Å². The number of fused-ring (bicyclic) bond motifs is 3. The zero-order valence-electron chi connectivity index (χ0n) is 48.3. The molecule has 6 heterocycles. The number of nitriles is 1. The van der Waals surface area contributed by atoms with Crippen LogP contribution in [0.25, 0.3) is 10.8 Å². The normalized spacial score (nSPS) is 19.3. The molecule has 5 aromatic rings. The fraction of sp³-hybridized carbons (Fsp3) is 0.557. The Morgan fingerprint density at radius 2 is 1.64 bits per heavy atom. The second-order valence-electron chi connectivity index (χ2n) is 21.8. The molecule has 5 aliphatic rings. The summed E-state index contributed by atoms with van der Waals surface area (Å²) in [5.74, 6) is 2.33. The smallest absolute Gasteiger partial charge is 0.318 e. The summed E-state index contributed by atoms with van der Waals surface area (Å²) in [6.45, 7) is 12.2. The van der Waals surface area contributed by atoms with E-state index in [0.717, 1.165) is 128 Å². The number of likely N-dealkylation sites (tertiary alicyclic amines) is 1. The lowest BCUT2D eigenvalue weighted by atomic mass is 10.0. The van der Waals surface area contributed by atoms with Gasteiger partial charge in [0.25, 0.3) is 5.91 Å². The van der Waals surface area contributed by atoms with Crippen molar-refractivity contribution in [1.82, 2.24) is 35.5 Å². The first-order valence-electron chi connectivity index (χ1n) is 29.7. The first kappa shape index (κ1) is 59.5. The molecule has 444 valence electrons. The Bertz CT molecular complexity index is 3030. The van der Waals surface area contributed by atoms with Gasteiger partial charge in [0.05, 0.1) is 95.0 Å². The number of hydrogen-bond donors (Lipinski definition) is 3. The third-order valence-corrected chi connectivity index (χ3v) is 16.8. The van der Waals surface area contributed by atoms with Gasteiger partial charge in [-0.2, -0.15) is 20.2 Å². The average Bonchev–Trinajstić information content (AvgIpc) is 4.24. The molecule has 1 saturated carbocycles. The van der Waals surface area contributed by atoms with E-state index in [9.17, 15) is 14.9 Å². The molecular weight excluding hydrogens is 1080 g/mol. The second kappa shape index (κ2) is 29.2. The van der Waals surface area contributed by atoms with Gasteiger partial charge in [0.1, 0.15) is 29.9 Å². The van der Waals surface area contributed by atoms with Crippen molar-refractivity contribution in [3.8, 4) is 17.8 Å². The van der Waals surface area contributed by atoms with Crippen LogP contribution in [-0.2, 0) is 36.7 Å². The zero-order valence-corrected chi connectivity index (χ0v) is 49.0. The highest BCUT2D eigenvalue weighted by Gasteiger charge is 2.41. The number of halogens is 1. The molecule has 3 aromatic carbocycles. The van der Waals surface area contributed by atoms with E-state index in [1.54, 1.807) is 43.5 Å². The number of methoxy groups -OCH3 is 1. The first-order valence-corrected chi connectivity index (χ1v) is 30.1. The number of carbonyl (C=O) groups excluding carboxylic acids is 2. The Hall–Kier alpha value is -6.64. The van der Waals surface area contributed by atoms with Crippen molar-refractivity contribution >= 4 is 68.8 Å². The number of benzene rings is 3. The van der Waals surface area contributed by atoms with Gasteiger partial charge in [-0.25, -0.2) is 4.98 Å². The number of anilines is 6. The van der Waals surface area contributed by atoms with Crippen LogP contribution in [0.2, 0.25) is 5.02 Å². The summed E-state index contributed by atoms with van der Waals surface area (Å²) in [4.78, 5) is 57.1. The number of ether oxygens (including phenoxy) is 6. The highest BCUT2D eigenvalue weighted by Crippen LogP contribution is 2.41. The molecule has 2 saturated heterocycles. The van der Waals surface area contributed by atoms with Crippen molar-refractivity contribution < 1.29 is 38.0 Å². The number of piperazine rings is 1. The van der Waals surface area contributed by atoms with Gasteiger partial charge in [-0.3, -0.25) is 14.5 Å². The predicted octanol–water partition coefficient (Wildman–Crippen LogP) is 7.31. The molecule has 3 atom stereocenters. The number of hydrogen-bond acceptors (Lipinski definition) is 19. The summed E-state index contributed by atoms with van der Waals surface area (Å²) in [6.07, 6.45) is 11.0. The number of likely N-dealkylation sites (N-methyl/N-ethyl adjacent to an activating group) is 1. The number of nitrogens with zero attached hydrogens (tertiary/aromatic N) is 10. The van der Waals surface area contributed by atoms with Crippen LogP contribution in [0, 0.1) is 11.3 Å². The number of carbonyl (C=O) groups is 2. The standard InChI is InChI=1S/C61H80ClN13O8/c1-4-51-59(77)71(2)53-38-66-60(69-57(53)75(51)45-13-5-6-14-45)67-49-19-18-43(37-54(49)78-3)58(76)65-24-30-80-32-34-82-36-35-81-33-31-79-29-10-26-72-25-9-15-46(72)41-83-61-68-50-40-73(52-17-8-12-42-11-7-16-48(62)55(42)52)27-21-47(50)56(70-61)74-28-23-64-44(39-74)20-22-63/h7-8,11-12,16-19,37-38,44-46,51,64H,4-6,9-10,13-15,20-21,23-36,39-41H2,1-3H3,(H,65,76)(H,66,67,69)/t44-,46-,51+/m0/s1. The molecule has 0 spiro atoms. The second-order valence-corrected chi connectivity index (χ2v) is 22.2. The molecule has 1 aliphatic carbocycles. The van der Waals surface area contributed by atoms with Crippen molar-refractivity contribution in [2.75, 3.05) is 144 Å². The van der Waals surface area contributed by atoms with Crippen LogP contribution in [0.4, 0.5) is 34.6 Å². The van der Waals surface area contributed by atoms with Crippen molar-refractivity contribution in [3.05, 3.63) is 82.6 Å². The molecular formula is C61H80ClN13O8. The maximum atomic E-state index is 13.3. The van der Waals surface area contributed by atoms with Gasteiger partial charge in [-0.05, 0) is 87.2 Å². The van der Waals surface area contributed by atoms with Crippen LogP contribution in [-0.4, -0.2) is 180 Å². The molecule has 4 aliphatic heterocycles. The zero-order chi connectivity index (χ0) is 57.5. The van der Waals surface area contributed by atoms with Crippen LogP contribution in [0.1, 0.15) is 86.3 Å². The van der Waals surface area contributed by atoms with Gasteiger partial charge in [-0.1, -0.05) is 55.6 Å². The molecule has 2 amide bonds. The Morgan fingerprint density at radius 1 is 0.867 bits per heavy atom. The van der Waals surface area contributed by atoms with Crippen LogP contribution in [0.5, 0.6) is 11.8 Å². The maximum Gasteiger partial charge on any atom is 0.318 e. The maximum absolute atomic E-state index is 13.3. The molecule has 83 heavy (non-hydrogen) atoms. The first-order chi connectivity index (χ1) is 40.7. The van der Waals surface area contributed by atoms with E-state index in [2.05, 4.69) is 70.9 Å². The molecule has 21 nitrogen and oxygen atoms in total. The minimum absolute atomic E-state index is 0.0641. The van der Waals surface area contributed by atoms with E-state index in [-0.39, 0.29) is 36.0 Å². The van der Waals surface area contributed by atoms with Crippen molar-refractivity contribution in [3.63, 3.8) is 0 Å². The van der Waals surface area contributed by atoms with E-state index in [1.165, 1.54) is 0 Å². The third-order valence-electron chi connectivity index (χ3n) is 16.5. The molecule has 3 N–H and O–H groups in total. The Kier molecular flexibility index (Phi) is 21.0. The van der Waals surface area contributed by atoms with Crippen molar-refractivity contribution in [1.29, 1.82) is 5.26 Å². The van der Waals surface area contributed by atoms with Crippen LogP contribution in [0.3, 0.4) is 0 Å². The number of amides is 2.